The molecule has 3 heterocycles. The van der Waals surface area contributed by atoms with E-state index in [2.05, 4.69) is 37.6 Å². The van der Waals surface area contributed by atoms with Crippen molar-refractivity contribution in [1.82, 2.24) is 33.4 Å². The third-order valence-electron chi connectivity index (χ3n) is 4.66. The second-order valence-corrected chi connectivity index (χ2v) is 8.48. The fourth-order valence-corrected chi connectivity index (χ4v) is 4.22. The summed E-state index contributed by atoms with van der Waals surface area (Å²) in [4.78, 5) is 33.9. The molecule has 0 N–H and O–H groups in total. The number of allylic oxidation sites excluding steroid dienone is 1. The van der Waals surface area contributed by atoms with Crippen molar-refractivity contribution in [3.63, 3.8) is 0 Å². The first-order valence-corrected chi connectivity index (χ1v) is 10.5. The molecule has 0 atom stereocenters. The summed E-state index contributed by atoms with van der Waals surface area (Å²) in [6.45, 7) is 4.28. The van der Waals surface area contributed by atoms with Crippen LogP contribution in [0, 0.1) is 0 Å². The first kappa shape index (κ1) is 20.4. The smallest absolute Gasteiger partial charge is 0.308 e. The van der Waals surface area contributed by atoms with Gasteiger partial charge >= 0.3 is 5.69 Å². The highest BCUT2D eigenvalue weighted by molar-refractivity contribution is 9.10. The molecule has 0 radical (unpaired) electrons. The van der Waals surface area contributed by atoms with Gasteiger partial charge < -0.3 is 4.57 Å². The van der Waals surface area contributed by atoms with Gasteiger partial charge in [0.2, 0.25) is 5.16 Å². The standard InChI is InChI=1S/C19H18BrN7O2S/c1-5-10-27-14(11-6-8-12(20)9-7-11)22-17(23-27)30-18-21-13-15(24(18)2)25(3)19(29)26(4)16(13)28/h5-9H,1,10H2,2-4H3. The Morgan fingerprint density at radius 1 is 1.07 bits per heavy atom. The van der Waals surface area contributed by atoms with Crippen molar-refractivity contribution in [3.8, 4) is 11.4 Å². The molecule has 0 amide bonds. The predicted octanol–water partition coefficient (Wildman–Crippen LogP) is 2.33. The van der Waals surface area contributed by atoms with Crippen molar-refractivity contribution >= 4 is 38.9 Å². The lowest BCUT2D eigenvalue weighted by atomic mass is 10.2. The SMILES string of the molecule is C=CCn1nc(Sc2nc3c(=O)n(C)c(=O)n(C)c3n2C)nc1-c1ccc(Br)cc1. The van der Waals surface area contributed by atoms with Crippen molar-refractivity contribution < 1.29 is 0 Å². The fourth-order valence-electron chi connectivity index (χ4n) is 3.16. The Morgan fingerprint density at radius 3 is 2.43 bits per heavy atom. The van der Waals surface area contributed by atoms with Crippen molar-refractivity contribution in [2.45, 2.75) is 16.9 Å². The zero-order valence-electron chi connectivity index (χ0n) is 16.5. The molecule has 11 heteroatoms. The van der Waals surface area contributed by atoms with Crippen LogP contribution in [0.15, 0.2) is 61.3 Å². The topological polar surface area (TPSA) is 92.5 Å². The maximum atomic E-state index is 12.5. The number of hydrogen-bond acceptors (Lipinski definition) is 6. The highest BCUT2D eigenvalue weighted by atomic mass is 79.9. The van der Waals surface area contributed by atoms with Gasteiger partial charge in [0.05, 0.1) is 6.54 Å². The Labute approximate surface area is 183 Å². The molecule has 154 valence electrons. The second kappa shape index (κ2) is 7.73. The molecular formula is C19H18BrN7O2S. The van der Waals surface area contributed by atoms with Crippen LogP contribution in [-0.4, -0.2) is 33.4 Å². The third-order valence-corrected chi connectivity index (χ3v) is 6.09. The first-order chi connectivity index (χ1) is 14.3. The highest BCUT2D eigenvalue weighted by Gasteiger charge is 2.20. The molecule has 0 aliphatic heterocycles. The Kier molecular flexibility index (Phi) is 5.24. The van der Waals surface area contributed by atoms with E-state index in [1.807, 2.05) is 24.3 Å². The fraction of sp³-hybridized carbons (Fsp3) is 0.211. The minimum atomic E-state index is -0.434. The van der Waals surface area contributed by atoms with Crippen LogP contribution in [0.5, 0.6) is 0 Å². The summed E-state index contributed by atoms with van der Waals surface area (Å²) in [6.07, 6.45) is 1.75. The normalized spacial score (nSPS) is 11.3. The molecule has 0 fully saturated rings. The van der Waals surface area contributed by atoms with Gasteiger partial charge in [0.1, 0.15) is 0 Å². The summed E-state index contributed by atoms with van der Waals surface area (Å²) < 4.78 is 6.89. The number of aryl methyl sites for hydroxylation is 2. The van der Waals surface area contributed by atoms with E-state index in [1.54, 1.807) is 29.4 Å². The zero-order chi connectivity index (χ0) is 21.6. The van der Waals surface area contributed by atoms with Gasteiger partial charge in [0.25, 0.3) is 5.56 Å². The predicted molar refractivity (Wildman–Crippen MR) is 119 cm³/mol. The van der Waals surface area contributed by atoms with Crippen molar-refractivity contribution in [2.24, 2.45) is 21.1 Å². The third kappa shape index (κ3) is 3.33. The Balaban J connectivity index is 1.81. The summed E-state index contributed by atoms with van der Waals surface area (Å²) in [6, 6.07) is 7.79. The van der Waals surface area contributed by atoms with Crippen molar-refractivity contribution in [3.05, 3.63) is 62.2 Å². The summed E-state index contributed by atoms with van der Waals surface area (Å²) >= 11 is 4.67. The monoisotopic (exact) mass is 487 g/mol. The lowest BCUT2D eigenvalue weighted by Gasteiger charge is -2.05. The lowest BCUT2D eigenvalue weighted by molar-refractivity contribution is 0.683. The molecule has 0 saturated heterocycles. The van der Waals surface area contributed by atoms with Crippen LogP contribution in [0.4, 0.5) is 0 Å². The summed E-state index contributed by atoms with van der Waals surface area (Å²) in [7, 11) is 4.81. The van der Waals surface area contributed by atoms with E-state index in [9.17, 15) is 9.59 Å². The summed E-state index contributed by atoms with van der Waals surface area (Å²) in [5.41, 5.74) is 0.752. The molecule has 4 rings (SSSR count). The number of rotatable bonds is 5. The van der Waals surface area contributed by atoms with Crippen LogP contribution in [0.25, 0.3) is 22.6 Å². The minimum absolute atomic E-state index is 0.225. The number of halogens is 1. The van der Waals surface area contributed by atoms with Crippen molar-refractivity contribution in [1.29, 1.82) is 0 Å². The molecule has 4 aromatic rings. The average molecular weight is 488 g/mol. The molecule has 1 aromatic carbocycles. The summed E-state index contributed by atoms with van der Waals surface area (Å²) in [5.74, 6) is 0.701. The molecule has 9 nitrogen and oxygen atoms in total. The highest BCUT2D eigenvalue weighted by Crippen LogP contribution is 2.29. The van der Waals surface area contributed by atoms with Crippen LogP contribution in [0.1, 0.15) is 0 Å². The van der Waals surface area contributed by atoms with Crippen molar-refractivity contribution in [2.75, 3.05) is 0 Å². The van der Waals surface area contributed by atoms with E-state index in [1.165, 1.54) is 23.4 Å². The van der Waals surface area contributed by atoms with E-state index < -0.39 is 11.2 Å². The maximum Gasteiger partial charge on any atom is 0.332 e. The molecule has 0 saturated carbocycles. The molecule has 0 aliphatic carbocycles. The van der Waals surface area contributed by atoms with E-state index in [-0.39, 0.29) is 5.52 Å². The Morgan fingerprint density at radius 2 is 1.77 bits per heavy atom. The van der Waals surface area contributed by atoms with Gasteiger partial charge in [-0.25, -0.2) is 19.4 Å². The largest absolute Gasteiger partial charge is 0.332 e. The number of benzene rings is 1. The van der Waals surface area contributed by atoms with Crippen LogP contribution < -0.4 is 11.2 Å². The number of aromatic nitrogens is 7. The Bertz CT molecular complexity index is 1400. The van der Waals surface area contributed by atoms with Crippen LogP contribution in [0.2, 0.25) is 0 Å². The molecule has 0 bridgehead atoms. The molecule has 0 unspecified atom stereocenters. The lowest BCUT2D eigenvalue weighted by Crippen LogP contribution is -2.37. The number of imidazole rings is 1. The van der Waals surface area contributed by atoms with Crippen LogP contribution in [-0.2, 0) is 27.7 Å². The zero-order valence-corrected chi connectivity index (χ0v) is 18.9. The Hall–Kier alpha value is -2.92. The van der Waals surface area contributed by atoms with E-state index in [0.29, 0.717) is 28.3 Å². The van der Waals surface area contributed by atoms with Crippen LogP contribution in [0.3, 0.4) is 0 Å². The van der Waals surface area contributed by atoms with Crippen LogP contribution >= 0.6 is 27.7 Å². The first-order valence-electron chi connectivity index (χ1n) is 8.93. The average Bonchev–Trinajstić information content (AvgIpc) is 3.27. The quantitative estimate of drug-likeness (QED) is 0.401. The van der Waals surface area contributed by atoms with Gasteiger partial charge in [0, 0.05) is 31.2 Å². The van der Waals surface area contributed by atoms with Gasteiger partial charge in [-0.1, -0.05) is 34.1 Å². The van der Waals surface area contributed by atoms with E-state index in [4.69, 9.17) is 0 Å². The minimum Gasteiger partial charge on any atom is -0.308 e. The molecule has 0 spiro atoms. The van der Waals surface area contributed by atoms with Gasteiger partial charge in [0.15, 0.2) is 22.1 Å². The van der Waals surface area contributed by atoms with Gasteiger partial charge in [-0.2, -0.15) is 0 Å². The summed E-state index contributed by atoms with van der Waals surface area (Å²) in [5, 5.41) is 5.56. The molecule has 3 aromatic heterocycles. The van der Waals surface area contributed by atoms with Gasteiger partial charge in [-0.3, -0.25) is 13.9 Å². The number of hydrogen-bond donors (Lipinski definition) is 0. The second-order valence-electron chi connectivity index (χ2n) is 6.63. The van der Waals surface area contributed by atoms with E-state index >= 15 is 0 Å². The molecule has 0 aliphatic rings. The molecule has 30 heavy (non-hydrogen) atoms. The van der Waals surface area contributed by atoms with Gasteiger partial charge in [-0.15, -0.1) is 11.7 Å². The van der Waals surface area contributed by atoms with E-state index in [0.717, 1.165) is 14.6 Å². The van der Waals surface area contributed by atoms with Gasteiger partial charge in [-0.05, 0) is 23.9 Å². The number of fused-ring (bicyclic) bond motifs is 1. The molecular weight excluding hydrogens is 470 g/mol. The number of nitrogens with zero attached hydrogens (tertiary/aromatic N) is 7. The maximum absolute atomic E-state index is 12.5.